The highest BCUT2D eigenvalue weighted by molar-refractivity contribution is 5.92. The minimum Gasteiger partial charge on any atom is -0.497 e. The lowest BCUT2D eigenvalue weighted by Gasteiger charge is -2.20. The van der Waals surface area contributed by atoms with Gasteiger partial charge in [-0.3, -0.25) is 4.79 Å². The van der Waals surface area contributed by atoms with Crippen molar-refractivity contribution in [3.63, 3.8) is 0 Å². The zero-order chi connectivity index (χ0) is 20.5. The van der Waals surface area contributed by atoms with Crippen molar-refractivity contribution in [1.82, 2.24) is 5.32 Å². The predicted octanol–water partition coefficient (Wildman–Crippen LogP) is 3.79. The second-order valence-corrected chi connectivity index (χ2v) is 6.91. The van der Waals surface area contributed by atoms with E-state index in [0.29, 0.717) is 30.2 Å². The first kappa shape index (κ1) is 21.6. The fourth-order valence-corrected chi connectivity index (χ4v) is 2.90. The normalized spacial score (nSPS) is 12.8. The van der Waals surface area contributed by atoms with Crippen LogP contribution in [0.25, 0.3) is 0 Å². The highest BCUT2D eigenvalue weighted by Crippen LogP contribution is 2.29. The van der Waals surface area contributed by atoms with Gasteiger partial charge in [-0.2, -0.15) is 0 Å². The molecule has 2 N–H and O–H groups in total. The summed E-state index contributed by atoms with van der Waals surface area (Å²) in [6.45, 7) is 6.58. The van der Waals surface area contributed by atoms with Gasteiger partial charge in [-0.05, 0) is 50.6 Å². The lowest BCUT2D eigenvalue weighted by atomic mass is 10.2. The molecule has 6 heteroatoms. The van der Waals surface area contributed by atoms with Crippen LogP contribution in [0.4, 0.5) is 5.69 Å². The second-order valence-electron chi connectivity index (χ2n) is 6.91. The van der Waals surface area contributed by atoms with E-state index in [1.54, 1.807) is 32.4 Å². The standard InChI is InChI=1S/C22H30N2O4/c1-15-7-6-8-19(11-15)28-14-17(3)23-16(2)12-22(25)24-20-10-9-18(26-4)13-21(20)27-5/h6-11,13,16-17,23H,12,14H2,1-5H3,(H,24,25). The number of nitrogens with one attached hydrogen (secondary N) is 2. The molecule has 2 unspecified atom stereocenters. The van der Waals surface area contributed by atoms with Gasteiger partial charge in [0.25, 0.3) is 0 Å². The van der Waals surface area contributed by atoms with E-state index in [0.717, 1.165) is 11.3 Å². The van der Waals surface area contributed by atoms with Crippen LogP contribution in [-0.4, -0.2) is 38.8 Å². The van der Waals surface area contributed by atoms with Crippen LogP contribution >= 0.6 is 0 Å². The zero-order valence-corrected chi connectivity index (χ0v) is 17.2. The first-order chi connectivity index (χ1) is 13.4. The summed E-state index contributed by atoms with van der Waals surface area (Å²) in [5.74, 6) is 2.00. The molecule has 2 aromatic carbocycles. The Kier molecular flexibility index (Phi) is 8.14. The molecule has 0 saturated heterocycles. The molecule has 0 spiro atoms. The van der Waals surface area contributed by atoms with Crippen LogP contribution in [0.5, 0.6) is 17.2 Å². The molecule has 2 atom stereocenters. The maximum absolute atomic E-state index is 12.4. The van der Waals surface area contributed by atoms with Gasteiger partial charge in [0.1, 0.15) is 23.9 Å². The Balaban J connectivity index is 1.80. The van der Waals surface area contributed by atoms with E-state index < -0.39 is 0 Å². The van der Waals surface area contributed by atoms with Crippen molar-refractivity contribution in [3.05, 3.63) is 48.0 Å². The highest BCUT2D eigenvalue weighted by atomic mass is 16.5. The van der Waals surface area contributed by atoms with Crippen LogP contribution in [0.1, 0.15) is 25.8 Å². The Labute approximate surface area is 167 Å². The van der Waals surface area contributed by atoms with Crippen LogP contribution in [-0.2, 0) is 4.79 Å². The van der Waals surface area contributed by atoms with Gasteiger partial charge in [0.05, 0.1) is 19.9 Å². The number of carbonyl (C=O) groups excluding carboxylic acids is 1. The highest BCUT2D eigenvalue weighted by Gasteiger charge is 2.14. The number of hydrogen-bond donors (Lipinski definition) is 2. The third-order valence-electron chi connectivity index (χ3n) is 4.23. The summed E-state index contributed by atoms with van der Waals surface area (Å²) in [6.07, 6.45) is 0.337. The molecular formula is C22H30N2O4. The smallest absolute Gasteiger partial charge is 0.226 e. The molecule has 28 heavy (non-hydrogen) atoms. The van der Waals surface area contributed by atoms with Crippen molar-refractivity contribution < 1.29 is 19.0 Å². The summed E-state index contributed by atoms with van der Waals surface area (Å²) in [5, 5.41) is 6.28. The molecule has 1 amide bonds. The summed E-state index contributed by atoms with van der Waals surface area (Å²) in [7, 11) is 3.15. The van der Waals surface area contributed by atoms with E-state index in [4.69, 9.17) is 14.2 Å². The molecule has 152 valence electrons. The van der Waals surface area contributed by atoms with Gasteiger partial charge < -0.3 is 24.8 Å². The van der Waals surface area contributed by atoms with E-state index in [1.807, 2.05) is 45.0 Å². The second kappa shape index (κ2) is 10.6. The Hall–Kier alpha value is -2.73. The molecule has 0 bridgehead atoms. The lowest BCUT2D eigenvalue weighted by Crippen LogP contribution is -2.40. The summed E-state index contributed by atoms with van der Waals surface area (Å²) < 4.78 is 16.3. The van der Waals surface area contributed by atoms with Crippen molar-refractivity contribution in [2.75, 3.05) is 26.1 Å². The predicted molar refractivity (Wildman–Crippen MR) is 112 cm³/mol. The van der Waals surface area contributed by atoms with Crippen LogP contribution in [0, 0.1) is 6.92 Å². The molecule has 2 aromatic rings. The summed E-state index contributed by atoms with van der Waals surface area (Å²) in [6, 6.07) is 13.4. The summed E-state index contributed by atoms with van der Waals surface area (Å²) >= 11 is 0. The molecule has 0 aromatic heterocycles. The molecule has 6 nitrogen and oxygen atoms in total. The van der Waals surface area contributed by atoms with Gasteiger partial charge >= 0.3 is 0 Å². The fourth-order valence-electron chi connectivity index (χ4n) is 2.90. The van der Waals surface area contributed by atoms with Crippen molar-refractivity contribution in [2.24, 2.45) is 0 Å². The monoisotopic (exact) mass is 386 g/mol. The van der Waals surface area contributed by atoms with Crippen molar-refractivity contribution in [1.29, 1.82) is 0 Å². The summed E-state index contributed by atoms with van der Waals surface area (Å²) in [4.78, 5) is 12.4. The largest absolute Gasteiger partial charge is 0.497 e. The van der Waals surface area contributed by atoms with Crippen LogP contribution in [0.3, 0.4) is 0 Å². The van der Waals surface area contributed by atoms with Crippen LogP contribution in [0.15, 0.2) is 42.5 Å². The molecular weight excluding hydrogens is 356 g/mol. The summed E-state index contributed by atoms with van der Waals surface area (Å²) in [5.41, 5.74) is 1.79. The molecule has 0 saturated carbocycles. The minimum atomic E-state index is -0.0877. The van der Waals surface area contributed by atoms with Crippen LogP contribution < -0.4 is 24.8 Å². The number of hydrogen-bond acceptors (Lipinski definition) is 5. The Morgan fingerprint density at radius 1 is 1.00 bits per heavy atom. The van der Waals surface area contributed by atoms with Crippen molar-refractivity contribution >= 4 is 11.6 Å². The SMILES string of the molecule is COc1ccc(NC(=O)CC(C)NC(C)COc2cccc(C)c2)c(OC)c1. The molecule has 0 aliphatic heterocycles. The third-order valence-corrected chi connectivity index (χ3v) is 4.23. The van der Waals surface area contributed by atoms with Gasteiger partial charge in [-0.1, -0.05) is 12.1 Å². The number of aryl methyl sites for hydroxylation is 1. The van der Waals surface area contributed by atoms with E-state index in [9.17, 15) is 4.79 Å². The van der Waals surface area contributed by atoms with Gasteiger partial charge in [0.2, 0.25) is 5.91 Å². The van der Waals surface area contributed by atoms with Crippen molar-refractivity contribution in [2.45, 2.75) is 39.3 Å². The lowest BCUT2D eigenvalue weighted by molar-refractivity contribution is -0.116. The number of amides is 1. The number of anilines is 1. The van der Waals surface area contributed by atoms with E-state index >= 15 is 0 Å². The fraction of sp³-hybridized carbons (Fsp3) is 0.409. The number of ether oxygens (including phenoxy) is 3. The number of carbonyl (C=O) groups is 1. The zero-order valence-electron chi connectivity index (χ0n) is 17.2. The average molecular weight is 386 g/mol. The third kappa shape index (κ3) is 6.78. The van der Waals surface area contributed by atoms with Gasteiger partial charge in [0, 0.05) is 24.6 Å². The first-order valence-corrected chi connectivity index (χ1v) is 9.38. The quantitative estimate of drug-likeness (QED) is 0.650. The van der Waals surface area contributed by atoms with E-state index in [2.05, 4.69) is 10.6 Å². The molecule has 2 rings (SSSR count). The Morgan fingerprint density at radius 3 is 2.46 bits per heavy atom. The molecule has 0 fully saturated rings. The molecule has 0 radical (unpaired) electrons. The molecule has 0 heterocycles. The molecule has 0 aliphatic rings. The minimum absolute atomic E-state index is 0.000327. The van der Waals surface area contributed by atoms with Gasteiger partial charge in [-0.15, -0.1) is 0 Å². The maximum Gasteiger partial charge on any atom is 0.226 e. The van der Waals surface area contributed by atoms with Crippen LogP contribution in [0.2, 0.25) is 0 Å². The topological polar surface area (TPSA) is 68.8 Å². The Bertz CT molecular complexity index is 779. The first-order valence-electron chi connectivity index (χ1n) is 9.38. The van der Waals surface area contributed by atoms with Gasteiger partial charge in [-0.25, -0.2) is 0 Å². The van der Waals surface area contributed by atoms with E-state index in [-0.39, 0.29) is 18.0 Å². The average Bonchev–Trinajstić information content (AvgIpc) is 2.66. The maximum atomic E-state index is 12.4. The number of benzene rings is 2. The van der Waals surface area contributed by atoms with E-state index in [1.165, 1.54) is 0 Å². The number of methoxy groups -OCH3 is 2. The molecule has 0 aliphatic carbocycles. The Morgan fingerprint density at radius 2 is 1.79 bits per heavy atom. The number of rotatable bonds is 10. The van der Waals surface area contributed by atoms with Gasteiger partial charge in [0.15, 0.2) is 0 Å². The van der Waals surface area contributed by atoms with Crippen molar-refractivity contribution in [3.8, 4) is 17.2 Å².